The molecule has 0 bridgehead atoms. The molecule has 0 aliphatic carbocycles. The quantitative estimate of drug-likeness (QED) is 0.470. The number of nitrogens with zero attached hydrogens (tertiary/aromatic N) is 3. The molecule has 4 rings (SSSR count). The summed E-state index contributed by atoms with van der Waals surface area (Å²) in [5.41, 5.74) is 4.30. The molecule has 0 N–H and O–H groups in total. The number of hydrogen-bond acceptors (Lipinski definition) is 3. The van der Waals surface area contributed by atoms with Gasteiger partial charge in [0.05, 0.1) is 10.6 Å². The molecule has 2 heterocycles. The number of rotatable bonds is 4. The number of amidine groups is 1. The molecule has 4 nitrogen and oxygen atoms in total. The number of likely N-dealkylation sites (N-methyl/N-ethyl adjacent to an activating group) is 1. The van der Waals surface area contributed by atoms with Gasteiger partial charge in [0.2, 0.25) is 0 Å². The average Bonchev–Trinajstić information content (AvgIpc) is 3.19. The van der Waals surface area contributed by atoms with Gasteiger partial charge in [-0.15, -0.1) is 0 Å². The van der Waals surface area contributed by atoms with Crippen molar-refractivity contribution in [1.29, 1.82) is 0 Å². The second-order valence-corrected chi connectivity index (χ2v) is 8.18. The molecule has 1 aliphatic heterocycles. The van der Waals surface area contributed by atoms with Crippen molar-refractivity contribution in [2.45, 2.75) is 20.8 Å². The van der Waals surface area contributed by atoms with Crippen molar-refractivity contribution in [2.75, 3.05) is 6.54 Å². The first kappa shape index (κ1) is 21.1. The minimum absolute atomic E-state index is 0.111. The van der Waals surface area contributed by atoms with Crippen molar-refractivity contribution in [3.05, 3.63) is 88.1 Å². The second kappa shape index (κ2) is 8.51. The van der Waals surface area contributed by atoms with E-state index in [2.05, 4.69) is 4.99 Å². The fraction of sp³-hybridized carbons (Fsp3) is 0.167. The summed E-state index contributed by atoms with van der Waals surface area (Å²) in [6.07, 6.45) is 1.87. The molecule has 31 heavy (non-hydrogen) atoms. The predicted molar refractivity (Wildman–Crippen MR) is 122 cm³/mol. The molecule has 0 radical (unpaired) electrons. The maximum absolute atomic E-state index is 13.3. The minimum atomic E-state index is -0.330. The lowest BCUT2D eigenvalue weighted by atomic mass is 10.2. The maximum atomic E-state index is 13.3. The van der Waals surface area contributed by atoms with E-state index >= 15 is 0 Å². The third-order valence-corrected chi connectivity index (χ3v) is 6.10. The van der Waals surface area contributed by atoms with Crippen LogP contribution in [0.25, 0.3) is 11.8 Å². The normalized spacial score (nSPS) is 16.7. The first-order valence-electron chi connectivity index (χ1n) is 9.88. The standard InChI is InChI=1S/C24H21F2N3OS/c1-4-28-23(30)22(31-24(28)27-20-9-5-18(25)6-10-20)14-17-13-15(2)29(16(17)3)21-11-7-19(26)8-12-21/h5-14H,4H2,1-3H3/b22-14+,27-24?. The van der Waals surface area contributed by atoms with Crippen molar-refractivity contribution >= 4 is 34.6 Å². The number of carbonyl (C=O) groups is 1. The molecule has 1 amide bonds. The van der Waals surface area contributed by atoms with Crippen LogP contribution in [0.15, 0.2) is 64.5 Å². The molecule has 1 aliphatic rings. The van der Waals surface area contributed by atoms with Crippen LogP contribution in [0.2, 0.25) is 0 Å². The zero-order chi connectivity index (χ0) is 22.1. The van der Waals surface area contributed by atoms with Crippen LogP contribution in [-0.2, 0) is 4.79 Å². The highest BCUT2D eigenvalue weighted by molar-refractivity contribution is 8.18. The van der Waals surface area contributed by atoms with Gasteiger partial charge in [-0.05, 0) is 98.8 Å². The second-order valence-electron chi connectivity index (χ2n) is 7.17. The number of benzene rings is 2. The van der Waals surface area contributed by atoms with E-state index in [1.54, 1.807) is 29.2 Å². The van der Waals surface area contributed by atoms with Gasteiger partial charge >= 0.3 is 0 Å². The number of aliphatic imine (C=N–C) groups is 1. The third kappa shape index (κ3) is 4.18. The van der Waals surface area contributed by atoms with Crippen molar-refractivity contribution in [3.8, 4) is 5.69 Å². The number of halogens is 2. The molecule has 0 atom stereocenters. The van der Waals surface area contributed by atoms with E-state index in [1.807, 2.05) is 37.5 Å². The molecule has 7 heteroatoms. The smallest absolute Gasteiger partial charge is 0.266 e. The van der Waals surface area contributed by atoms with Crippen LogP contribution in [0.5, 0.6) is 0 Å². The lowest BCUT2D eigenvalue weighted by molar-refractivity contribution is -0.122. The summed E-state index contributed by atoms with van der Waals surface area (Å²) >= 11 is 1.30. The van der Waals surface area contributed by atoms with Gasteiger partial charge in [0, 0.05) is 23.6 Å². The van der Waals surface area contributed by atoms with E-state index in [1.165, 1.54) is 36.0 Å². The van der Waals surface area contributed by atoms with E-state index in [-0.39, 0.29) is 17.5 Å². The molecule has 3 aromatic rings. The Hall–Kier alpha value is -3.19. The van der Waals surface area contributed by atoms with E-state index in [9.17, 15) is 13.6 Å². The van der Waals surface area contributed by atoms with Crippen LogP contribution in [0.1, 0.15) is 23.9 Å². The summed E-state index contributed by atoms with van der Waals surface area (Å²) in [6, 6.07) is 14.2. The summed E-state index contributed by atoms with van der Waals surface area (Å²) < 4.78 is 28.5. The topological polar surface area (TPSA) is 37.6 Å². The summed E-state index contributed by atoms with van der Waals surface area (Å²) in [4.78, 5) is 19.7. The largest absolute Gasteiger partial charge is 0.318 e. The summed E-state index contributed by atoms with van der Waals surface area (Å²) in [6.45, 7) is 6.32. The van der Waals surface area contributed by atoms with Gasteiger partial charge in [-0.1, -0.05) is 0 Å². The Morgan fingerprint density at radius 3 is 2.23 bits per heavy atom. The van der Waals surface area contributed by atoms with Crippen LogP contribution >= 0.6 is 11.8 Å². The molecule has 1 fully saturated rings. The van der Waals surface area contributed by atoms with Gasteiger partial charge in [-0.25, -0.2) is 13.8 Å². The lowest BCUT2D eigenvalue weighted by Crippen LogP contribution is -2.28. The molecular formula is C24H21F2N3OS. The highest BCUT2D eigenvalue weighted by Gasteiger charge is 2.32. The fourth-order valence-electron chi connectivity index (χ4n) is 3.56. The molecule has 0 unspecified atom stereocenters. The van der Waals surface area contributed by atoms with E-state index in [4.69, 9.17) is 0 Å². The number of amides is 1. The van der Waals surface area contributed by atoms with Crippen LogP contribution in [0.4, 0.5) is 14.5 Å². The SMILES string of the molecule is CCN1C(=O)/C(=C\c2cc(C)n(-c3ccc(F)cc3)c2C)SC1=Nc1ccc(F)cc1. The van der Waals surface area contributed by atoms with Crippen LogP contribution < -0.4 is 0 Å². The zero-order valence-corrected chi connectivity index (χ0v) is 18.2. The van der Waals surface area contributed by atoms with Gasteiger partial charge in [0.25, 0.3) is 5.91 Å². The highest BCUT2D eigenvalue weighted by Crippen LogP contribution is 2.35. The molecule has 2 aromatic carbocycles. The monoisotopic (exact) mass is 437 g/mol. The van der Waals surface area contributed by atoms with Crippen molar-refractivity contribution in [3.63, 3.8) is 0 Å². The Morgan fingerprint density at radius 1 is 1.00 bits per heavy atom. The molecular weight excluding hydrogens is 416 g/mol. The van der Waals surface area contributed by atoms with Crippen molar-refractivity contribution in [1.82, 2.24) is 9.47 Å². The predicted octanol–water partition coefficient (Wildman–Crippen LogP) is 6.00. The van der Waals surface area contributed by atoms with Gasteiger partial charge < -0.3 is 4.57 Å². The van der Waals surface area contributed by atoms with Crippen LogP contribution in [0.3, 0.4) is 0 Å². The molecule has 158 valence electrons. The number of aryl methyl sites for hydroxylation is 1. The fourth-order valence-corrected chi connectivity index (χ4v) is 4.61. The third-order valence-electron chi connectivity index (χ3n) is 5.10. The Labute approximate surface area is 183 Å². The van der Waals surface area contributed by atoms with Crippen LogP contribution in [0, 0.1) is 25.5 Å². The minimum Gasteiger partial charge on any atom is -0.318 e. The summed E-state index contributed by atoms with van der Waals surface area (Å²) in [5, 5.41) is 0.567. The number of aromatic nitrogens is 1. The van der Waals surface area contributed by atoms with Crippen LogP contribution in [-0.4, -0.2) is 27.1 Å². The zero-order valence-electron chi connectivity index (χ0n) is 17.4. The number of thioether (sulfide) groups is 1. The molecule has 0 spiro atoms. The Balaban J connectivity index is 1.69. The highest BCUT2D eigenvalue weighted by atomic mass is 32.2. The van der Waals surface area contributed by atoms with E-state index in [0.717, 1.165) is 22.6 Å². The first-order chi connectivity index (χ1) is 14.9. The molecule has 0 saturated carbocycles. The lowest BCUT2D eigenvalue weighted by Gasteiger charge is -2.11. The Kier molecular flexibility index (Phi) is 5.78. The Bertz CT molecular complexity index is 1190. The van der Waals surface area contributed by atoms with Gasteiger partial charge in [-0.3, -0.25) is 9.69 Å². The molecule has 1 saturated heterocycles. The summed E-state index contributed by atoms with van der Waals surface area (Å²) in [7, 11) is 0. The van der Waals surface area contributed by atoms with Crippen molar-refractivity contribution in [2.24, 2.45) is 4.99 Å². The van der Waals surface area contributed by atoms with Gasteiger partial charge in [0.15, 0.2) is 5.17 Å². The average molecular weight is 438 g/mol. The van der Waals surface area contributed by atoms with Gasteiger partial charge in [-0.2, -0.15) is 0 Å². The Morgan fingerprint density at radius 2 is 1.61 bits per heavy atom. The van der Waals surface area contributed by atoms with E-state index < -0.39 is 0 Å². The van der Waals surface area contributed by atoms with Crippen molar-refractivity contribution < 1.29 is 13.6 Å². The van der Waals surface area contributed by atoms with E-state index in [0.29, 0.717) is 22.3 Å². The molecule has 1 aromatic heterocycles. The maximum Gasteiger partial charge on any atom is 0.266 e. The number of hydrogen-bond donors (Lipinski definition) is 0. The summed E-state index contributed by atoms with van der Waals surface area (Å²) in [5.74, 6) is -0.724. The number of carbonyl (C=O) groups excluding carboxylic acids is 1. The van der Waals surface area contributed by atoms with Gasteiger partial charge in [0.1, 0.15) is 11.6 Å². The first-order valence-corrected chi connectivity index (χ1v) is 10.7.